The van der Waals surface area contributed by atoms with Crippen LogP contribution in [0.15, 0.2) is 29.3 Å². The van der Waals surface area contributed by atoms with Crippen molar-refractivity contribution < 1.29 is 0 Å². The van der Waals surface area contributed by atoms with Crippen LogP contribution >= 0.6 is 24.0 Å². The number of halogens is 1. The Morgan fingerprint density at radius 3 is 2.62 bits per heavy atom. The first-order valence-electron chi connectivity index (χ1n) is 10.4. The number of guanidine groups is 1. The van der Waals surface area contributed by atoms with E-state index >= 15 is 0 Å². The Morgan fingerprint density at radius 1 is 1.17 bits per heavy atom. The zero-order valence-electron chi connectivity index (χ0n) is 18.2. The fraction of sp³-hybridized carbons (Fsp3) is 0.619. The normalized spacial score (nSPS) is 17.2. The zero-order valence-corrected chi connectivity index (χ0v) is 20.5. The zero-order chi connectivity index (χ0) is 19.9. The van der Waals surface area contributed by atoms with E-state index in [-0.39, 0.29) is 24.0 Å². The number of nitrogens with one attached hydrogen (secondary N) is 2. The minimum atomic E-state index is 0. The second-order valence-corrected chi connectivity index (χ2v) is 7.72. The Balaban J connectivity index is 0.00000300. The van der Waals surface area contributed by atoms with Gasteiger partial charge in [0.2, 0.25) is 0 Å². The van der Waals surface area contributed by atoms with Gasteiger partial charge >= 0.3 is 0 Å². The summed E-state index contributed by atoms with van der Waals surface area (Å²) >= 11 is 0. The molecule has 3 rings (SSSR count). The van der Waals surface area contributed by atoms with Gasteiger partial charge in [-0.25, -0.2) is 4.98 Å². The van der Waals surface area contributed by atoms with Crippen LogP contribution in [0.25, 0.3) is 11.0 Å². The van der Waals surface area contributed by atoms with Gasteiger partial charge in [0.25, 0.3) is 0 Å². The number of para-hydroxylation sites is 2. The van der Waals surface area contributed by atoms with Gasteiger partial charge in [0.05, 0.1) is 11.0 Å². The maximum Gasteiger partial charge on any atom is 0.191 e. The van der Waals surface area contributed by atoms with Crippen LogP contribution in [0.4, 0.5) is 0 Å². The Kier molecular flexibility index (Phi) is 9.64. The summed E-state index contributed by atoms with van der Waals surface area (Å²) in [5.74, 6) is 1.96. The lowest BCUT2D eigenvalue weighted by atomic mass is 10.2. The lowest BCUT2D eigenvalue weighted by molar-refractivity contribution is 0.120. The monoisotopic (exact) mass is 513 g/mol. The molecule has 1 atom stereocenters. The van der Waals surface area contributed by atoms with Gasteiger partial charge in [0.1, 0.15) is 5.82 Å². The fourth-order valence-electron chi connectivity index (χ4n) is 3.78. The van der Waals surface area contributed by atoms with E-state index < -0.39 is 0 Å². The first-order chi connectivity index (χ1) is 13.6. The molecule has 1 aromatic carbocycles. The highest BCUT2D eigenvalue weighted by Gasteiger charge is 2.19. The van der Waals surface area contributed by atoms with Crippen LogP contribution < -0.4 is 10.6 Å². The first-order valence-corrected chi connectivity index (χ1v) is 10.4. The molecule has 0 aliphatic carbocycles. The summed E-state index contributed by atoms with van der Waals surface area (Å²) in [5, 5.41) is 6.92. The van der Waals surface area contributed by atoms with Gasteiger partial charge in [-0.15, -0.1) is 24.0 Å². The summed E-state index contributed by atoms with van der Waals surface area (Å²) in [6.45, 7) is 11.7. The highest BCUT2D eigenvalue weighted by atomic mass is 127. The molecule has 2 N–H and O–H groups in total. The number of piperazine rings is 1. The third-order valence-corrected chi connectivity index (χ3v) is 5.65. The second kappa shape index (κ2) is 11.7. The molecular weight excluding hydrogens is 477 g/mol. The predicted molar refractivity (Wildman–Crippen MR) is 132 cm³/mol. The van der Waals surface area contributed by atoms with E-state index in [1.54, 1.807) is 0 Å². The molecule has 1 aliphatic rings. The van der Waals surface area contributed by atoms with Gasteiger partial charge in [-0.2, -0.15) is 0 Å². The Hall–Kier alpha value is -1.39. The van der Waals surface area contributed by atoms with E-state index in [4.69, 9.17) is 0 Å². The molecule has 8 heteroatoms. The van der Waals surface area contributed by atoms with Gasteiger partial charge in [0.15, 0.2) is 5.96 Å². The number of nitrogens with zero attached hydrogens (tertiary/aromatic N) is 5. The molecule has 1 aliphatic heterocycles. The third-order valence-electron chi connectivity index (χ3n) is 5.65. The van der Waals surface area contributed by atoms with Crippen molar-refractivity contribution in [2.75, 3.05) is 53.4 Å². The molecule has 0 spiro atoms. The average molecular weight is 513 g/mol. The summed E-state index contributed by atoms with van der Waals surface area (Å²) in [4.78, 5) is 13.9. The van der Waals surface area contributed by atoms with Crippen molar-refractivity contribution in [1.29, 1.82) is 0 Å². The van der Waals surface area contributed by atoms with Crippen molar-refractivity contribution in [3.8, 4) is 0 Å². The predicted octanol–water partition coefficient (Wildman–Crippen LogP) is 2.15. The lowest BCUT2D eigenvalue weighted by Crippen LogP contribution is -2.52. The molecule has 7 nitrogen and oxygen atoms in total. The van der Waals surface area contributed by atoms with Crippen molar-refractivity contribution in [1.82, 2.24) is 30.0 Å². The molecule has 0 saturated carbocycles. The molecule has 29 heavy (non-hydrogen) atoms. The number of fused-ring (bicyclic) bond motifs is 1. The molecule has 0 amide bonds. The molecule has 0 bridgehead atoms. The van der Waals surface area contributed by atoms with Gasteiger partial charge in [-0.05, 0) is 39.4 Å². The van der Waals surface area contributed by atoms with Crippen LogP contribution in [-0.2, 0) is 6.54 Å². The summed E-state index contributed by atoms with van der Waals surface area (Å²) in [6.07, 6.45) is 1.02. The topological polar surface area (TPSA) is 60.7 Å². The van der Waals surface area contributed by atoms with Crippen LogP contribution in [0.3, 0.4) is 0 Å². The minimum absolute atomic E-state index is 0. The van der Waals surface area contributed by atoms with E-state index in [1.807, 2.05) is 13.1 Å². The third kappa shape index (κ3) is 6.55. The van der Waals surface area contributed by atoms with Crippen LogP contribution in [0, 0.1) is 6.92 Å². The van der Waals surface area contributed by atoms with Gasteiger partial charge in [-0.3, -0.25) is 9.89 Å². The minimum Gasteiger partial charge on any atom is -0.356 e. The molecule has 1 unspecified atom stereocenters. The second-order valence-electron chi connectivity index (χ2n) is 7.72. The van der Waals surface area contributed by atoms with Gasteiger partial charge in [-0.1, -0.05) is 12.1 Å². The number of benzene rings is 1. The molecule has 1 fully saturated rings. The van der Waals surface area contributed by atoms with Crippen molar-refractivity contribution in [2.45, 2.75) is 32.9 Å². The van der Waals surface area contributed by atoms with Gasteiger partial charge in [0, 0.05) is 58.9 Å². The largest absolute Gasteiger partial charge is 0.356 e. The Bertz CT molecular complexity index is 780. The summed E-state index contributed by atoms with van der Waals surface area (Å²) in [7, 11) is 4.03. The quantitative estimate of drug-likeness (QED) is 0.257. The fourth-order valence-corrected chi connectivity index (χ4v) is 3.78. The van der Waals surface area contributed by atoms with Crippen molar-refractivity contribution in [2.24, 2.45) is 4.99 Å². The maximum atomic E-state index is 4.64. The number of likely N-dealkylation sites (N-methyl/N-ethyl adjacent to an activating group) is 1. The number of imidazole rings is 1. The number of aryl methyl sites for hydroxylation is 2. The molecule has 1 aromatic heterocycles. The molecule has 1 saturated heterocycles. The van der Waals surface area contributed by atoms with Crippen LogP contribution in [0.2, 0.25) is 0 Å². The number of hydrogen-bond acceptors (Lipinski definition) is 4. The van der Waals surface area contributed by atoms with Gasteiger partial charge < -0.3 is 20.1 Å². The number of rotatable bonds is 7. The highest BCUT2D eigenvalue weighted by molar-refractivity contribution is 14.0. The molecule has 2 aromatic rings. The van der Waals surface area contributed by atoms with Crippen LogP contribution in [0.1, 0.15) is 19.2 Å². The summed E-state index contributed by atoms with van der Waals surface area (Å²) in [6, 6.07) is 8.84. The van der Waals surface area contributed by atoms with Crippen LogP contribution in [0.5, 0.6) is 0 Å². The van der Waals surface area contributed by atoms with Crippen LogP contribution in [-0.4, -0.2) is 84.7 Å². The average Bonchev–Trinajstić information content (AvgIpc) is 3.03. The maximum absolute atomic E-state index is 4.64. The van der Waals surface area contributed by atoms with E-state index in [2.05, 4.69) is 74.1 Å². The lowest BCUT2D eigenvalue weighted by Gasteiger charge is -2.36. The summed E-state index contributed by atoms with van der Waals surface area (Å²) in [5.41, 5.74) is 2.28. The Labute approximate surface area is 192 Å². The van der Waals surface area contributed by atoms with Crippen molar-refractivity contribution in [3.05, 3.63) is 30.1 Å². The van der Waals surface area contributed by atoms with Crippen molar-refractivity contribution in [3.63, 3.8) is 0 Å². The van der Waals surface area contributed by atoms with E-state index in [0.29, 0.717) is 6.04 Å². The SMILES string of the molecule is CN=C(NCCCn1c(C)nc2ccccc21)NCC(C)N1CCN(C)CC1.I. The molecular formula is C21H36IN7. The van der Waals surface area contributed by atoms with E-state index in [0.717, 1.165) is 69.5 Å². The number of aromatic nitrogens is 2. The van der Waals surface area contributed by atoms with E-state index in [9.17, 15) is 0 Å². The molecule has 162 valence electrons. The molecule has 2 heterocycles. The highest BCUT2D eigenvalue weighted by Crippen LogP contribution is 2.15. The smallest absolute Gasteiger partial charge is 0.191 e. The summed E-state index contributed by atoms with van der Waals surface area (Å²) < 4.78 is 2.29. The molecule has 0 radical (unpaired) electrons. The number of hydrogen-bond donors (Lipinski definition) is 2. The van der Waals surface area contributed by atoms with Crippen molar-refractivity contribution >= 4 is 41.0 Å². The van der Waals surface area contributed by atoms with E-state index in [1.165, 1.54) is 5.52 Å². The number of aliphatic imine (C=N–C) groups is 1. The first kappa shape index (κ1) is 23.9. The standard InChI is InChI=1S/C21H35N7.HI/c1-17(27-14-12-26(4)13-15-27)16-24-21(22-3)23-10-7-11-28-18(2)25-19-8-5-6-9-20(19)28;/h5-6,8-9,17H,7,10-16H2,1-4H3,(H2,22,23,24);1H. The Morgan fingerprint density at radius 2 is 1.90 bits per heavy atom.